The molecule has 0 aromatic heterocycles. The number of nitrogens with zero attached hydrogens (tertiary/aromatic N) is 2. The van der Waals surface area contributed by atoms with Crippen LogP contribution in [0, 0.1) is 11.3 Å². The van der Waals surface area contributed by atoms with Crippen LogP contribution in [0.25, 0.3) is 0 Å². The number of hydrogen-bond donors (Lipinski definition) is 1. The van der Waals surface area contributed by atoms with E-state index in [-0.39, 0.29) is 11.0 Å². The molecule has 1 aliphatic carbocycles. The van der Waals surface area contributed by atoms with Crippen molar-refractivity contribution >= 4 is 0 Å². The molecule has 1 aliphatic heterocycles. The normalized spacial score (nSPS) is 36.6. The van der Waals surface area contributed by atoms with Gasteiger partial charge in [0, 0.05) is 30.0 Å². The van der Waals surface area contributed by atoms with E-state index >= 15 is 0 Å². The molecule has 0 amide bonds. The number of ether oxygens (including phenoxy) is 1. The lowest BCUT2D eigenvalue weighted by molar-refractivity contribution is -0.161. The third kappa shape index (κ3) is 2.56. The molecule has 3 unspecified atom stereocenters. The lowest BCUT2D eigenvalue weighted by Gasteiger charge is -2.63. The molecule has 2 fully saturated rings. The lowest BCUT2D eigenvalue weighted by Crippen LogP contribution is -2.78. The summed E-state index contributed by atoms with van der Waals surface area (Å²) in [6.45, 7) is 8.67. The Morgan fingerprint density at radius 2 is 1.89 bits per heavy atom. The van der Waals surface area contributed by atoms with Crippen LogP contribution in [0.5, 0.6) is 0 Å². The van der Waals surface area contributed by atoms with Gasteiger partial charge in [0.1, 0.15) is 0 Å². The number of hydrogen-bond acceptors (Lipinski definition) is 4. The molecule has 2 aliphatic rings. The van der Waals surface area contributed by atoms with E-state index in [1.54, 1.807) is 0 Å². The van der Waals surface area contributed by atoms with Gasteiger partial charge in [-0.2, -0.15) is 0 Å². The lowest BCUT2D eigenvalue weighted by atomic mass is 9.48. The first kappa shape index (κ1) is 15.2. The van der Waals surface area contributed by atoms with Crippen molar-refractivity contribution in [2.45, 2.75) is 38.3 Å². The predicted octanol–water partition coefficient (Wildman–Crippen LogP) is 1.01. The van der Waals surface area contributed by atoms with E-state index in [4.69, 9.17) is 10.5 Å². The highest BCUT2D eigenvalue weighted by Gasteiger charge is 2.67. The monoisotopic (exact) mass is 269 g/mol. The van der Waals surface area contributed by atoms with E-state index in [9.17, 15) is 0 Å². The zero-order valence-corrected chi connectivity index (χ0v) is 13.3. The Balaban J connectivity index is 1.87. The molecule has 3 atom stereocenters. The van der Waals surface area contributed by atoms with Gasteiger partial charge in [0.05, 0.1) is 6.10 Å². The van der Waals surface area contributed by atoms with Crippen LogP contribution >= 0.6 is 0 Å². The minimum Gasteiger partial charge on any atom is -0.377 e. The summed E-state index contributed by atoms with van der Waals surface area (Å²) in [4.78, 5) is 4.64. The van der Waals surface area contributed by atoms with Crippen molar-refractivity contribution in [2.24, 2.45) is 17.1 Å². The van der Waals surface area contributed by atoms with Crippen molar-refractivity contribution in [3.63, 3.8) is 0 Å². The molecule has 1 heterocycles. The van der Waals surface area contributed by atoms with Gasteiger partial charge in [0.15, 0.2) is 0 Å². The van der Waals surface area contributed by atoms with Gasteiger partial charge in [0.2, 0.25) is 0 Å². The molecule has 0 spiro atoms. The quantitative estimate of drug-likeness (QED) is 0.781. The second kappa shape index (κ2) is 5.32. The summed E-state index contributed by atoms with van der Waals surface area (Å²) in [5.41, 5.74) is 6.79. The summed E-state index contributed by atoms with van der Waals surface area (Å²) in [7, 11) is 6.45. The van der Waals surface area contributed by atoms with E-state index in [1.807, 2.05) is 0 Å². The van der Waals surface area contributed by atoms with Crippen LogP contribution in [0.2, 0.25) is 0 Å². The standard InChI is InChI=1S/C15H31N3O/c1-14(2)13-12(7-10-19-13)15(14,16)11-18(5)9-6-8-17(3)4/h12-13H,6-11,16H2,1-5H3. The molecule has 0 radical (unpaired) electrons. The van der Waals surface area contributed by atoms with E-state index < -0.39 is 0 Å². The van der Waals surface area contributed by atoms with Gasteiger partial charge in [-0.1, -0.05) is 13.8 Å². The SMILES string of the molecule is CN(C)CCCN(C)CC1(N)C2CCOC2C1(C)C. The third-order valence-corrected chi connectivity index (χ3v) is 5.34. The Labute approximate surface area is 118 Å². The van der Waals surface area contributed by atoms with Crippen molar-refractivity contribution in [3.8, 4) is 0 Å². The summed E-state index contributed by atoms with van der Waals surface area (Å²) in [5.74, 6) is 0.554. The summed E-state index contributed by atoms with van der Waals surface area (Å²) in [5, 5.41) is 0. The van der Waals surface area contributed by atoms with Gasteiger partial charge >= 0.3 is 0 Å². The highest BCUT2D eigenvalue weighted by molar-refractivity contribution is 5.21. The molecule has 4 heteroatoms. The second-order valence-electron chi connectivity index (χ2n) is 7.34. The van der Waals surface area contributed by atoms with Crippen molar-refractivity contribution in [1.29, 1.82) is 0 Å². The molecule has 4 nitrogen and oxygen atoms in total. The smallest absolute Gasteiger partial charge is 0.0691 e. The maximum absolute atomic E-state index is 6.77. The fourth-order valence-corrected chi connectivity index (χ4v) is 3.98. The van der Waals surface area contributed by atoms with Crippen molar-refractivity contribution in [3.05, 3.63) is 0 Å². The fraction of sp³-hybridized carbons (Fsp3) is 1.00. The van der Waals surface area contributed by atoms with Gasteiger partial charge < -0.3 is 20.3 Å². The van der Waals surface area contributed by atoms with Gasteiger partial charge in [-0.25, -0.2) is 0 Å². The van der Waals surface area contributed by atoms with Gasteiger partial charge in [-0.05, 0) is 47.1 Å². The van der Waals surface area contributed by atoms with Gasteiger partial charge in [-0.3, -0.25) is 0 Å². The molecule has 1 saturated carbocycles. The first-order valence-electron chi connectivity index (χ1n) is 7.53. The van der Waals surface area contributed by atoms with Crippen LogP contribution < -0.4 is 5.73 Å². The van der Waals surface area contributed by atoms with E-state index in [1.165, 1.54) is 6.42 Å². The maximum Gasteiger partial charge on any atom is 0.0691 e. The molecular formula is C15H31N3O. The summed E-state index contributed by atoms with van der Waals surface area (Å²) in [6, 6.07) is 0. The molecule has 112 valence electrons. The Morgan fingerprint density at radius 1 is 1.21 bits per heavy atom. The van der Waals surface area contributed by atoms with E-state index in [0.717, 1.165) is 32.7 Å². The minimum absolute atomic E-state index is 0.0823. The number of rotatable bonds is 6. The molecule has 0 aromatic carbocycles. The van der Waals surface area contributed by atoms with Crippen LogP contribution in [0.15, 0.2) is 0 Å². The number of likely N-dealkylation sites (N-methyl/N-ethyl adjacent to an activating group) is 1. The Bertz CT molecular complexity index is 319. The van der Waals surface area contributed by atoms with Crippen molar-refractivity contribution in [2.75, 3.05) is 47.4 Å². The molecule has 0 aromatic rings. The largest absolute Gasteiger partial charge is 0.377 e. The molecule has 2 N–H and O–H groups in total. The van der Waals surface area contributed by atoms with Crippen LogP contribution in [0.1, 0.15) is 26.7 Å². The molecule has 0 bridgehead atoms. The minimum atomic E-state index is -0.0823. The van der Waals surface area contributed by atoms with Crippen molar-refractivity contribution in [1.82, 2.24) is 9.80 Å². The Hall–Kier alpha value is -0.160. The third-order valence-electron chi connectivity index (χ3n) is 5.34. The first-order valence-corrected chi connectivity index (χ1v) is 7.53. The topological polar surface area (TPSA) is 41.7 Å². The fourth-order valence-electron chi connectivity index (χ4n) is 3.98. The average molecular weight is 269 g/mol. The first-order chi connectivity index (χ1) is 8.79. The average Bonchev–Trinajstić information content (AvgIpc) is 2.75. The zero-order valence-electron chi connectivity index (χ0n) is 13.3. The molecular weight excluding hydrogens is 238 g/mol. The second-order valence-corrected chi connectivity index (χ2v) is 7.34. The summed E-state index contributed by atoms with van der Waals surface area (Å²) < 4.78 is 5.85. The zero-order chi connectivity index (χ0) is 14.3. The van der Waals surface area contributed by atoms with Crippen LogP contribution in [-0.2, 0) is 4.74 Å². The maximum atomic E-state index is 6.77. The molecule has 19 heavy (non-hydrogen) atoms. The van der Waals surface area contributed by atoms with E-state index in [0.29, 0.717) is 12.0 Å². The molecule has 2 rings (SSSR count). The Kier molecular flexibility index (Phi) is 4.26. The van der Waals surface area contributed by atoms with E-state index in [2.05, 4.69) is 44.8 Å². The van der Waals surface area contributed by atoms with Crippen LogP contribution in [-0.4, -0.2) is 68.8 Å². The van der Waals surface area contributed by atoms with Crippen LogP contribution in [0.3, 0.4) is 0 Å². The summed E-state index contributed by atoms with van der Waals surface area (Å²) >= 11 is 0. The Morgan fingerprint density at radius 3 is 2.53 bits per heavy atom. The van der Waals surface area contributed by atoms with Gasteiger partial charge in [-0.15, -0.1) is 0 Å². The highest BCUT2D eigenvalue weighted by atomic mass is 16.5. The van der Waals surface area contributed by atoms with Gasteiger partial charge in [0.25, 0.3) is 0 Å². The van der Waals surface area contributed by atoms with Crippen molar-refractivity contribution < 1.29 is 4.74 Å². The summed E-state index contributed by atoms with van der Waals surface area (Å²) in [6.07, 6.45) is 2.72. The highest BCUT2D eigenvalue weighted by Crippen LogP contribution is 2.58. The predicted molar refractivity (Wildman–Crippen MR) is 79.2 cm³/mol. The number of nitrogens with two attached hydrogens (primary N) is 1. The number of fused-ring (bicyclic) bond motifs is 1. The van der Waals surface area contributed by atoms with Crippen LogP contribution in [0.4, 0.5) is 0 Å². The molecule has 1 saturated heterocycles.